The Bertz CT molecular complexity index is 534. The van der Waals surface area contributed by atoms with Crippen LogP contribution in [0, 0.1) is 6.92 Å². The van der Waals surface area contributed by atoms with Gasteiger partial charge in [0.2, 0.25) is 0 Å². The maximum Gasteiger partial charge on any atom is 0.0862 e. The van der Waals surface area contributed by atoms with Gasteiger partial charge >= 0.3 is 0 Å². The van der Waals surface area contributed by atoms with Crippen LogP contribution in [0.25, 0.3) is 0 Å². The minimum absolute atomic E-state index is 0.529. The summed E-state index contributed by atoms with van der Waals surface area (Å²) in [6.07, 6.45) is 4.42. The van der Waals surface area contributed by atoms with Crippen molar-refractivity contribution in [3.8, 4) is 0 Å². The van der Waals surface area contributed by atoms with Gasteiger partial charge < -0.3 is 5.11 Å². The quantitative estimate of drug-likeness (QED) is 0.896. The number of rotatable bonds is 4. The molecular weight excluding hydrogens is 226 g/mol. The zero-order chi connectivity index (χ0) is 13.1. The van der Waals surface area contributed by atoms with Gasteiger partial charge in [-0.15, -0.1) is 0 Å². The van der Waals surface area contributed by atoms with Crippen LogP contribution in [0.1, 0.15) is 35.5 Å². The summed E-state index contributed by atoms with van der Waals surface area (Å²) in [7, 11) is 1.91. The zero-order valence-corrected chi connectivity index (χ0v) is 11.1. The van der Waals surface area contributed by atoms with E-state index in [1.807, 2.05) is 24.7 Å². The summed E-state index contributed by atoms with van der Waals surface area (Å²) >= 11 is 0. The number of aliphatic hydroxyl groups is 1. The molecule has 0 fully saturated rings. The summed E-state index contributed by atoms with van der Waals surface area (Å²) in [5.41, 5.74) is 4.05. The number of pyridine rings is 1. The van der Waals surface area contributed by atoms with Gasteiger partial charge in [0.25, 0.3) is 0 Å². The van der Waals surface area contributed by atoms with E-state index in [4.69, 9.17) is 0 Å². The van der Waals surface area contributed by atoms with E-state index in [0.717, 1.165) is 28.9 Å². The summed E-state index contributed by atoms with van der Waals surface area (Å²) in [5, 5.41) is 14.7. The second-order valence-corrected chi connectivity index (χ2v) is 4.56. The fourth-order valence-corrected chi connectivity index (χ4v) is 2.07. The van der Waals surface area contributed by atoms with Gasteiger partial charge in [0.15, 0.2) is 0 Å². The van der Waals surface area contributed by atoms with Crippen LogP contribution in [0.4, 0.5) is 0 Å². The van der Waals surface area contributed by atoms with Gasteiger partial charge in [0.05, 0.1) is 11.8 Å². The number of aryl methyl sites for hydroxylation is 3. The third kappa shape index (κ3) is 2.59. The highest BCUT2D eigenvalue weighted by Crippen LogP contribution is 2.20. The molecule has 2 heterocycles. The van der Waals surface area contributed by atoms with Crippen LogP contribution in [0.2, 0.25) is 0 Å². The first-order valence-electron chi connectivity index (χ1n) is 6.22. The van der Waals surface area contributed by atoms with Crippen LogP contribution in [0.15, 0.2) is 24.5 Å². The lowest BCUT2D eigenvalue weighted by Crippen LogP contribution is -2.08. The van der Waals surface area contributed by atoms with Gasteiger partial charge in [-0.25, -0.2) is 0 Å². The van der Waals surface area contributed by atoms with E-state index in [1.165, 1.54) is 0 Å². The smallest absolute Gasteiger partial charge is 0.0862 e. The van der Waals surface area contributed by atoms with Crippen molar-refractivity contribution >= 4 is 0 Å². The average Bonchev–Trinajstić information content (AvgIpc) is 2.70. The summed E-state index contributed by atoms with van der Waals surface area (Å²) < 4.78 is 1.84. The average molecular weight is 245 g/mol. The predicted octanol–water partition coefficient (Wildman–Crippen LogP) is 1.96. The number of aromatic nitrogens is 3. The van der Waals surface area contributed by atoms with Crippen molar-refractivity contribution in [2.45, 2.75) is 32.8 Å². The number of hydrogen-bond acceptors (Lipinski definition) is 3. The van der Waals surface area contributed by atoms with Crippen molar-refractivity contribution < 1.29 is 5.11 Å². The van der Waals surface area contributed by atoms with Crippen LogP contribution in [0.5, 0.6) is 0 Å². The van der Waals surface area contributed by atoms with E-state index in [1.54, 1.807) is 12.4 Å². The molecule has 1 N–H and O–H groups in total. The molecule has 1 atom stereocenters. The number of nitrogens with zero attached hydrogens (tertiary/aromatic N) is 3. The molecule has 18 heavy (non-hydrogen) atoms. The topological polar surface area (TPSA) is 50.9 Å². The summed E-state index contributed by atoms with van der Waals surface area (Å²) in [6, 6.07) is 3.97. The van der Waals surface area contributed by atoms with E-state index in [9.17, 15) is 5.11 Å². The van der Waals surface area contributed by atoms with Crippen molar-refractivity contribution in [2.24, 2.45) is 7.05 Å². The van der Waals surface area contributed by atoms with E-state index < -0.39 is 6.10 Å². The molecule has 0 bridgehead atoms. The van der Waals surface area contributed by atoms with Crippen molar-refractivity contribution in [1.82, 2.24) is 14.8 Å². The minimum atomic E-state index is -0.529. The summed E-state index contributed by atoms with van der Waals surface area (Å²) in [5.74, 6) is 0. The maximum atomic E-state index is 10.3. The van der Waals surface area contributed by atoms with Gasteiger partial charge in [-0.3, -0.25) is 9.67 Å². The molecule has 4 heteroatoms. The second kappa shape index (κ2) is 5.31. The Hall–Kier alpha value is -1.68. The molecule has 2 aromatic heterocycles. The third-order valence-corrected chi connectivity index (χ3v) is 3.23. The summed E-state index contributed by atoms with van der Waals surface area (Å²) in [4.78, 5) is 4.07. The largest absolute Gasteiger partial charge is 0.388 e. The molecule has 1 unspecified atom stereocenters. The molecule has 0 saturated heterocycles. The molecule has 0 spiro atoms. The minimum Gasteiger partial charge on any atom is -0.388 e. The second-order valence-electron chi connectivity index (χ2n) is 4.56. The SMILES string of the molecule is CCc1cc(CC(O)c2cnccc2C)n(C)n1. The van der Waals surface area contributed by atoms with Gasteiger partial charge in [0, 0.05) is 37.1 Å². The molecule has 0 saturated carbocycles. The molecule has 0 amide bonds. The molecule has 96 valence electrons. The van der Waals surface area contributed by atoms with Gasteiger partial charge in [0.1, 0.15) is 0 Å². The molecule has 2 rings (SSSR count). The Morgan fingerprint density at radius 1 is 1.44 bits per heavy atom. The molecule has 0 aromatic carbocycles. The zero-order valence-electron chi connectivity index (χ0n) is 11.1. The Morgan fingerprint density at radius 2 is 2.22 bits per heavy atom. The summed E-state index contributed by atoms with van der Waals surface area (Å²) in [6.45, 7) is 4.06. The fraction of sp³-hybridized carbons (Fsp3) is 0.429. The third-order valence-electron chi connectivity index (χ3n) is 3.23. The highest BCUT2D eigenvalue weighted by Gasteiger charge is 2.14. The Morgan fingerprint density at radius 3 is 2.83 bits per heavy atom. The van der Waals surface area contributed by atoms with Gasteiger partial charge in [-0.05, 0) is 31.0 Å². The van der Waals surface area contributed by atoms with E-state index >= 15 is 0 Å². The Balaban J connectivity index is 2.18. The first-order chi connectivity index (χ1) is 8.61. The lowest BCUT2D eigenvalue weighted by molar-refractivity contribution is 0.174. The van der Waals surface area contributed by atoms with E-state index in [-0.39, 0.29) is 0 Å². The van der Waals surface area contributed by atoms with E-state index in [0.29, 0.717) is 6.42 Å². The highest BCUT2D eigenvalue weighted by molar-refractivity contribution is 5.25. The van der Waals surface area contributed by atoms with Crippen LogP contribution in [-0.4, -0.2) is 19.9 Å². The van der Waals surface area contributed by atoms with Crippen LogP contribution in [0.3, 0.4) is 0 Å². The van der Waals surface area contributed by atoms with E-state index in [2.05, 4.69) is 23.1 Å². The van der Waals surface area contributed by atoms with Gasteiger partial charge in [-0.1, -0.05) is 6.92 Å². The molecule has 0 aliphatic heterocycles. The monoisotopic (exact) mass is 245 g/mol. The predicted molar refractivity (Wildman–Crippen MR) is 70.2 cm³/mol. The van der Waals surface area contributed by atoms with Crippen molar-refractivity contribution in [3.05, 3.63) is 47.0 Å². The number of hydrogen-bond donors (Lipinski definition) is 1. The van der Waals surface area contributed by atoms with Crippen molar-refractivity contribution in [2.75, 3.05) is 0 Å². The first-order valence-corrected chi connectivity index (χ1v) is 6.22. The van der Waals surface area contributed by atoms with Crippen molar-refractivity contribution in [1.29, 1.82) is 0 Å². The highest BCUT2D eigenvalue weighted by atomic mass is 16.3. The molecule has 4 nitrogen and oxygen atoms in total. The Labute approximate surface area is 107 Å². The molecule has 2 aromatic rings. The standard InChI is InChI=1S/C14H19N3O/c1-4-11-7-12(17(3)16-11)8-14(18)13-9-15-6-5-10(13)2/h5-7,9,14,18H,4,8H2,1-3H3. The van der Waals surface area contributed by atoms with Crippen LogP contribution in [-0.2, 0) is 19.9 Å². The fourth-order valence-electron chi connectivity index (χ4n) is 2.07. The molecule has 0 radical (unpaired) electrons. The van der Waals surface area contributed by atoms with Crippen LogP contribution >= 0.6 is 0 Å². The molecular formula is C14H19N3O. The van der Waals surface area contributed by atoms with Crippen LogP contribution < -0.4 is 0 Å². The first kappa shape index (κ1) is 12.8. The molecule has 0 aliphatic carbocycles. The molecule has 0 aliphatic rings. The lowest BCUT2D eigenvalue weighted by atomic mass is 10.0. The Kier molecular flexibility index (Phi) is 3.77. The normalized spacial score (nSPS) is 12.7. The lowest BCUT2D eigenvalue weighted by Gasteiger charge is -2.12. The van der Waals surface area contributed by atoms with Crippen molar-refractivity contribution in [3.63, 3.8) is 0 Å². The maximum absolute atomic E-state index is 10.3. The number of aliphatic hydroxyl groups excluding tert-OH is 1. The van der Waals surface area contributed by atoms with Gasteiger partial charge in [-0.2, -0.15) is 5.10 Å².